The Bertz CT molecular complexity index is 695. The fraction of sp³-hybridized carbons (Fsp3) is 0.200. The van der Waals surface area contributed by atoms with Gasteiger partial charge in [0.25, 0.3) is 0 Å². The lowest BCUT2D eigenvalue weighted by Crippen LogP contribution is -2.13. The Balaban J connectivity index is 1.50. The summed E-state index contributed by atoms with van der Waals surface area (Å²) < 4.78 is 5.99. The van der Waals surface area contributed by atoms with Gasteiger partial charge in [-0.2, -0.15) is 0 Å². The van der Waals surface area contributed by atoms with E-state index in [0.717, 1.165) is 25.3 Å². The van der Waals surface area contributed by atoms with Crippen LogP contribution in [-0.2, 0) is 19.5 Å². The molecule has 1 aromatic heterocycles. The molecule has 1 N–H and O–H groups in total. The second-order valence-corrected chi connectivity index (χ2v) is 6.41. The lowest BCUT2D eigenvalue weighted by molar-refractivity contribution is 0.317. The van der Waals surface area contributed by atoms with Crippen molar-refractivity contribution in [3.05, 3.63) is 88.1 Å². The van der Waals surface area contributed by atoms with Crippen LogP contribution < -0.4 is 10.1 Å². The monoisotopic (exact) mass is 323 g/mol. The van der Waals surface area contributed by atoms with Gasteiger partial charge in [0.1, 0.15) is 5.75 Å². The first kappa shape index (κ1) is 15.8. The van der Waals surface area contributed by atoms with Crippen molar-refractivity contribution in [2.75, 3.05) is 6.61 Å². The maximum absolute atomic E-state index is 5.99. The molecule has 0 atom stereocenters. The molecule has 0 bridgehead atoms. The van der Waals surface area contributed by atoms with Crippen LogP contribution in [0.15, 0.2) is 72.1 Å². The molecule has 0 aliphatic rings. The van der Waals surface area contributed by atoms with Crippen molar-refractivity contribution in [3.63, 3.8) is 0 Å². The van der Waals surface area contributed by atoms with Crippen LogP contribution in [0.2, 0.25) is 0 Å². The van der Waals surface area contributed by atoms with E-state index in [1.54, 1.807) is 11.3 Å². The number of rotatable bonds is 8. The van der Waals surface area contributed by atoms with E-state index in [1.165, 1.54) is 16.0 Å². The van der Waals surface area contributed by atoms with Crippen molar-refractivity contribution in [2.45, 2.75) is 19.5 Å². The maximum atomic E-state index is 5.99. The first-order valence-electron chi connectivity index (χ1n) is 7.89. The normalized spacial score (nSPS) is 10.6. The summed E-state index contributed by atoms with van der Waals surface area (Å²) in [4.78, 5) is 1.35. The van der Waals surface area contributed by atoms with Gasteiger partial charge in [-0.3, -0.25) is 0 Å². The highest BCUT2D eigenvalue weighted by molar-refractivity contribution is 7.09. The van der Waals surface area contributed by atoms with Crippen molar-refractivity contribution >= 4 is 11.3 Å². The number of para-hydroxylation sites is 1. The van der Waals surface area contributed by atoms with Crippen molar-refractivity contribution in [2.24, 2.45) is 0 Å². The highest BCUT2D eigenvalue weighted by atomic mass is 32.1. The summed E-state index contributed by atoms with van der Waals surface area (Å²) in [5.41, 5.74) is 2.51. The van der Waals surface area contributed by atoms with Crippen LogP contribution in [-0.4, -0.2) is 6.61 Å². The van der Waals surface area contributed by atoms with Crippen LogP contribution in [0.5, 0.6) is 5.75 Å². The standard InChI is InChI=1S/C20H21NOS/c1-2-7-17(8-3-1)12-13-22-20-11-5-4-9-18(20)15-21-16-19-10-6-14-23-19/h1-11,14,21H,12-13,15-16H2. The molecular weight excluding hydrogens is 302 g/mol. The van der Waals surface area contributed by atoms with E-state index in [-0.39, 0.29) is 0 Å². The number of thiophene rings is 1. The number of nitrogens with one attached hydrogen (secondary N) is 1. The molecule has 1 heterocycles. The predicted molar refractivity (Wildman–Crippen MR) is 96.9 cm³/mol. The number of hydrogen-bond acceptors (Lipinski definition) is 3. The Morgan fingerprint density at radius 3 is 2.48 bits per heavy atom. The zero-order valence-electron chi connectivity index (χ0n) is 13.1. The zero-order valence-corrected chi connectivity index (χ0v) is 13.9. The summed E-state index contributed by atoms with van der Waals surface area (Å²) >= 11 is 1.78. The smallest absolute Gasteiger partial charge is 0.123 e. The van der Waals surface area contributed by atoms with Crippen LogP contribution in [0.1, 0.15) is 16.0 Å². The fourth-order valence-corrected chi connectivity index (χ4v) is 3.12. The Labute approximate surface area is 141 Å². The van der Waals surface area contributed by atoms with Crippen molar-refractivity contribution in [1.82, 2.24) is 5.32 Å². The van der Waals surface area contributed by atoms with Gasteiger partial charge < -0.3 is 10.1 Å². The summed E-state index contributed by atoms with van der Waals surface area (Å²) in [6.45, 7) is 2.42. The summed E-state index contributed by atoms with van der Waals surface area (Å²) in [5, 5.41) is 5.59. The third kappa shape index (κ3) is 4.95. The average Bonchev–Trinajstić information content (AvgIpc) is 3.11. The van der Waals surface area contributed by atoms with Crippen molar-refractivity contribution in [1.29, 1.82) is 0 Å². The van der Waals surface area contributed by atoms with Crippen molar-refractivity contribution in [3.8, 4) is 5.75 Å². The van der Waals surface area contributed by atoms with Gasteiger partial charge in [-0.05, 0) is 23.1 Å². The van der Waals surface area contributed by atoms with E-state index in [2.05, 4.69) is 59.2 Å². The van der Waals surface area contributed by atoms with Gasteiger partial charge in [0.15, 0.2) is 0 Å². The molecule has 23 heavy (non-hydrogen) atoms. The first-order valence-corrected chi connectivity index (χ1v) is 8.77. The highest BCUT2D eigenvalue weighted by Crippen LogP contribution is 2.18. The molecular formula is C20H21NOS. The minimum atomic E-state index is 0.700. The Kier molecular flexibility index (Phi) is 5.84. The van der Waals surface area contributed by atoms with E-state index in [0.29, 0.717) is 6.61 Å². The SMILES string of the molecule is c1ccc(CCOc2ccccc2CNCc2cccs2)cc1. The summed E-state index contributed by atoms with van der Waals surface area (Å²) in [6.07, 6.45) is 0.928. The molecule has 3 rings (SSSR count). The van der Waals surface area contributed by atoms with Gasteiger partial charge in [0.05, 0.1) is 6.61 Å². The lowest BCUT2D eigenvalue weighted by Gasteiger charge is -2.12. The van der Waals surface area contributed by atoms with Crippen LogP contribution in [0.25, 0.3) is 0 Å². The minimum Gasteiger partial charge on any atom is -0.493 e. The van der Waals surface area contributed by atoms with Gasteiger partial charge in [-0.15, -0.1) is 11.3 Å². The number of hydrogen-bond donors (Lipinski definition) is 1. The molecule has 0 saturated heterocycles. The molecule has 0 amide bonds. The number of ether oxygens (including phenoxy) is 1. The van der Waals surface area contributed by atoms with Crippen LogP contribution in [0, 0.1) is 0 Å². The second kappa shape index (κ2) is 8.51. The summed E-state index contributed by atoms with van der Waals surface area (Å²) in [6, 6.07) is 23.0. The van der Waals surface area contributed by atoms with E-state index >= 15 is 0 Å². The molecule has 0 unspecified atom stereocenters. The van der Waals surface area contributed by atoms with Crippen LogP contribution in [0.3, 0.4) is 0 Å². The molecule has 3 aromatic rings. The van der Waals surface area contributed by atoms with Gasteiger partial charge in [-0.1, -0.05) is 54.6 Å². The highest BCUT2D eigenvalue weighted by Gasteiger charge is 2.03. The largest absolute Gasteiger partial charge is 0.493 e. The fourth-order valence-electron chi connectivity index (χ4n) is 2.45. The minimum absolute atomic E-state index is 0.700. The molecule has 0 radical (unpaired) electrons. The maximum Gasteiger partial charge on any atom is 0.123 e. The molecule has 2 aromatic carbocycles. The Morgan fingerprint density at radius 2 is 1.65 bits per heavy atom. The molecule has 0 spiro atoms. The molecule has 3 heteroatoms. The zero-order chi connectivity index (χ0) is 15.7. The molecule has 0 aliphatic carbocycles. The molecule has 0 fully saturated rings. The summed E-state index contributed by atoms with van der Waals surface area (Å²) in [7, 11) is 0. The molecule has 2 nitrogen and oxygen atoms in total. The average molecular weight is 323 g/mol. The van der Waals surface area contributed by atoms with E-state index in [4.69, 9.17) is 4.74 Å². The van der Waals surface area contributed by atoms with Gasteiger partial charge >= 0.3 is 0 Å². The third-order valence-electron chi connectivity index (χ3n) is 3.66. The quantitative estimate of drug-likeness (QED) is 0.651. The molecule has 0 saturated carbocycles. The van der Waals surface area contributed by atoms with Crippen LogP contribution >= 0.6 is 11.3 Å². The predicted octanol–water partition coefficient (Wildman–Crippen LogP) is 4.66. The lowest BCUT2D eigenvalue weighted by atomic mass is 10.1. The Hall–Kier alpha value is -2.10. The molecule has 0 aliphatic heterocycles. The van der Waals surface area contributed by atoms with Gasteiger partial charge in [-0.25, -0.2) is 0 Å². The second-order valence-electron chi connectivity index (χ2n) is 5.37. The Morgan fingerprint density at radius 1 is 0.826 bits per heavy atom. The van der Waals surface area contributed by atoms with E-state index in [9.17, 15) is 0 Å². The summed E-state index contributed by atoms with van der Waals surface area (Å²) in [5.74, 6) is 0.974. The van der Waals surface area contributed by atoms with Gasteiger partial charge in [0, 0.05) is 30.0 Å². The first-order chi connectivity index (χ1) is 11.4. The topological polar surface area (TPSA) is 21.3 Å². The van der Waals surface area contributed by atoms with E-state index < -0.39 is 0 Å². The van der Waals surface area contributed by atoms with Crippen molar-refractivity contribution < 1.29 is 4.74 Å². The van der Waals surface area contributed by atoms with Gasteiger partial charge in [0.2, 0.25) is 0 Å². The van der Waals surface area contributed by atoms with E-state index in [1.807, 2.05) is 18.2 Å². The third-order valence-corrected chi connectivity index (χ3v) is 4.53. The molecule has 118 valence electrons. The number of benzene rings is 2. The van der Waals surface area contributed by atoms with Crippen LogP contribution in [0.4, 0.5) is 0 Å².